The minimum atomic E-state index is 0. The van der Waals surface area contributed by atoms with Crippen LogP contribution in [0.2, 0.25) is 0 Å². The molecule has 2 aromatic rings. The summed E-state index contributed by atoms with van der Waals surface area (Å²) in [5.41, 5.74) is 8.76. The molecule has 0 unspecified atom stereocenters. The number of carbonyl (C=O) groups excluding carboxylic acids is 1. The van der Waals surface area contributed by atoms with Gasteiger partial charge >= 0.3 is 0 Å². The normalized spacial score (nSPS) is 14.7. The number of halogens is 2. The molecular weight excluding hydrogens is 376 g/mol. The van der Waals surface area contributed by atoms with E-state index in [9.17, 15) is 4.79 Å². The van der Waals surface area contributed by atoms with Crippen LogP contribution < -0.4 is 11.1 Å². The topological polar surface area (TPSA) is 55.1 Å². The van der Waals surface area contributed by atoms with E-state index in [2.05, 4.69) is 39.4 Å². The molecule has 3 N–H and O–H groups in total. The number of anilines is 1. The number of amides is 1. The number of nitrogens with one attached hydrogen (secondary N) is 1. The molecule has 122 valence electrons. The molecule has 5 heteroatoms. The zero-order chi connectivity index (χ0) is 15.6. The molecule has 1 saturated carbocycles. The number of nitrogens with two attached hydrogens (primary N) is 1. The molecule has 0 atom stereocenters. The van der Waals surface area contributed by atoms with Crippen LogP contribution in [0.3, 0.4) is 0 Å². The van der Waals surface area contributed by atoms with E-state index in [1.807, 2.05) is 30.3 Å². The van der Waals surface area contributed by atoms with E-state index in [4.69, 9.17) is 5.73 Å². The maximum atomic E-state index is 12.1. The van der Waals surface area contributed by atoms with E-state index in [0.29, 0.717) is 13.0 Å². The molecule has 0 spiro atoms. The molecule has 3 nitrogen and oxygen atoms in total. The van der Waals surface area contributed by atoms with Gasteiger partial charge in [-0.2, -0.15) is 0 Å². The molecule has 2 aromatic carbocycles. The lowest BCUT2D eigenvalue weighted by atomic mass is 9.96. The lowest BCUT2D eigenvalue weighted by Crippen LogP contribution is -2.33. The van der Waals surface area contributed by atoms with Gasteiger partial charge < -0.3 is 11.1 Å². The highest BCUT2D eigenvalue weighted by atomic mass is 79.9. The van der Waals surface area contributed by atoms with Crippen molar-refractivity contribution in [3.8, 4) is 0 Å². The highest BCUT2D eigenvalue weighted by Gasteiger charge is 2.45. The zero-order valence-electron chi connectivity index (χ0n) is 12.7. The Bertz CT molecular complexity index is 684. The van der Waals surface area contributed by atoms with E-state index in [0.717, 1.165) is 28.6 Å². The van der Waals surface area contributed by atoms with Crippen molar-refractivity contribution in [1.29, 1.82) is 0 Å². The van der Waals surface area contributed by atoms with Gasteiger partial charge in [0.25, 0.3) is 0 Å². The average molecular weight is 396 g/mol. The largest absolute Gasteiger partial charge is 0.399 e. The Kier molecular flexibility index (Phi) is 5.71. The van der Waals surface area contributed by atoms with Crippen LogP contribution in [0.1, 0.15) is 24.0 Å². The van der Waals surface area contributed by atoms with Crippen molar-refractivity contribution in [2.24, 2.45) is 0 Å². The third-order valence-corrected chi connectivity index (χ3v) is 4.96. The predicted octanol–water partition coefficient (Wildman–Crippen LogP) is 3.84. The summed E-state index contributed by atoms with van der Waals surface area (Å²) in [5, 5.41) is 3.08. The second-order valence-corrected chi connectivity index (χ2v) is 6.81. The Hall–Kier alpha value is -1.52. The summed E-state index contributed by atoms with van der Waals surface area (Å²) in [6, 6.07) is 15.7. The Balaban J connectivity index is 0.00000192. The van der Waals surface area contributed by atoms with Crippen molar-refractivity contribution < 1.29 is 4.79 Å². The van der Waals surface area contributed by atoms with Crippen LogP contribution in [0.4, 0.5) is 5.69 Å². The smallest absolute Gasteiger partial charge is 0.224 e. The molecule has 23 heavy (non-hydrogen) atoms. The number of carbonyl (C=O) groups is 1. The maximum Gasteiger partial charge on any atom is 0.224 e. The summed E-state index contributed by atoms with van der Waals surface area (Å²) < 4.78 is 1.13. The summed E-state index contributed by atoms with van der Waals surface area (Å²) in [5.74, 6) is 0.0584. The summed E-state index contributed by atoms with van der Waals surface area (Å²) in [7, 11) is 0. The van der Waals surface area contributed by atoms with E-state index < -0.39 is 0 Å². The van der Waals surface area contributed by atoms with Crippen molar-refractivity contribution in [2.75, 3.05) is 12.3 Å². The van der Waals surface area contributed by atoms with Crippen LogP contribution in [0.5, 0.6) is 0 Å². The summed E-state index contributed by atoms with van der Waals surface area (Å²) in [6.07, 6.45) is 2.64. The van der Waals surface area contributed by atoms with Crippen molar-refractivity contribution >= 4 is 39.9 Å². The molecule has 1 amide bonds. The Morgan fingerprint density at radius 3 is 2.39 bits per heavy atom. The number of hydrogen-bond acceptors (Lipinski definition) is 2. The highest BCUT2D eigenvalue weighted by molar-refractivity contribution is 9.10. The highest BCUT2D eigenvalue weighted by Crippen LogP contribution is 2.49. The van der Waals surface area contributed by atoms with Crippen molar-refractivity contribution in [3.63, 3.8) is 0 Å². The van der Waals surface area contributed by atoms with Crippen LogP contribution in [0, 0.1) is 0 Å². The van der Waals surface area contributed by atoms with Gasteiger partial charge in [-0.05, 0) is 42.2 Å². The second-order valence-electron chi connectivity index (χ2n) is 5.96. The van der Waals surface area contributed by atoms with E-state index in [1.165, 1.54) is 5.56 Å². The zero-order valence-corrected chi connectivity index (χ0v) is 15.1. The minimum Gasteiger partial charge on any atom is -0.399 e. The van der Waals surface area contributed by atoms with Crippen LogP contribution in [-0.4, -0.2) is 12.5 Å². The first kappa shape index (κ1) is 17.8. The van der Waals surface area contributed by atoms with Crippen molar-refractivity contribution in [2.45, 2.75) is 24.7 Å². The molecule has 1 aliphatic rings. The fraction of sp³-hybridized carbons (Fsp3) is 0.278. The molecular formula is C18H20BrClN2O. The quantitative estimate of drug-likeness (QED) is 0.756. The fourth-order valence-electron chi connectivity index (χ4n) is 2.73. The van der Waals surface area contributed by atoms with Crippen molar-refractivity contribution in [3.05, 3.63) is 64.1 Å². The molecule has 0 aromatic heterocycles. The Morgan fingerprint density at radius 2 is 1.78 bits per heavy atom. The van der Waals surface area contributed by atoms with Crippen LogP contribution in [0.15, 0.2) is 53.0 Å². The van der Waals surface area contributed by atoms with Crippen molar-refractivity contribution in [1.82, 2.24) is 5.32 Å². The van der Waals surface area contributed by atoms with Gasteiger partial charge in [0.1, 0.15) is 0 Å². The van der Waals surface area contributed by atoms with E-state index in [-0.39, 0.29) is 23.7 Å². The SMILES string of the molecule is Cl.Nc1ccc(CC(=O)NCC2(c3ccccc3Br)CC2)cc1. The third-order valence-electron chi connectivity index (χ3n) is 4.27. The van der Waals surface area contributed by atoms with Gasteiger partial charge in [0, 0.05) is 22.1 Å². The van der Waals surface area contributed by atoms with Gasteiger partial charge in [-0.25, -0.2) is 0 Å². The van der Waals surface area contributed by atoms with Gasteiger partial charge in [0.05, 0.1) is 6.42 Å². The Labute approximate surface area is 151 Å². The fourth-order valence-corrected chi connectivity index (χ4v) is 3.44. The maximum absolute atomic E-state index is 12.1. The van der Waals surface area contributed by atoms with Gasteiger partial charge in [-0.1, -0.05) is 46.3 Å². The van der Waals surface area contributed by atoms with Gasteiger partial charge in [-0.3, -0.25) is 4.79 Å². The first-order valence-corrected chi connectivity index (χ1v) is 8.24. The summed E-state index contributed by atoms with van der Waals surface area (Å²) in [4.78, 5) is 12.1. The van der Waals surface area contributed by atoms with Crippen LogP contribution in [-0.2, 0) is 16.6 Å². The average Bonchev–Trinajstić information content (AvgIpc) is 3.29. The lowest BCUT2D eigenvalue weighted by Gasteiger charge is -2.18. The lowest BCUT2D eigenvalue weighted by molar-refractivity contribution is -0.120. The van der Waals surface area contributed by atoms with Crippen LogP contribution >= 0.6 is 28.3 Å². The van der Waals surface area contributed by atoms with Gasteiger partial charge in [-0.15, -0.1) is 12.4 Å². The standard InChI is InChI=1S/C18H19BrN2O.ClH/c19-16-4-2-1-3-15(16)18(9-10-18)12-21-17(22)11-13-5-7-14(20)8-6-13;/h1-8H,9-12,20H2,(H,21,22);1H. The molecule has 0 aliphatic heterocycles. The third kappa shape index (κ3) is 4.27. The van der Waals surface area contributed by atoms with E-state index in [1.54, 1.807) is 0 Å². The van der Waals surface area contributed by atoms with Gasteiger partial charge in [0.15, 0.2) is 0 Å². The van der Waals surface area contributed by atoms with Crippen LogP contribution in [0.25, 0.3) is 0 Å². The first-order chi connectivity index (χ1) is 10.6. The molecule has 1 fully saturated rings. The molecule has 0 radical (unpaired) electrons. The minimum absolute atomic E-state index is 0. The second kappa shape index (κ2) is 7.37. The summed E-state index contributed by atoms with van der Waals surface area (Å²) >= 11 is 3.62. The monoisotopic (exact) mass is 394 g/mol. The number of hydrogen-bond donors (Lipinski definition) is 2. The molecule has 3 rings (SSSR count). The van der Waals surface area contributed by atoms with Gasteiger partial charge in [0.2, 0.25) is 5.91 Å². The number of nitrogen functional groups attached to an aromatic ring is 1. The first-order valence-electron chi connectivity index (χ1n) is 7.45. The number of benzene rings is 2. The molecule has 0 bridgehead atoms. The molecule has 0 saturated heterocycles. The molecule has 1 aliphatic carbocycles. The molecule has 0 heterocycles. The number of rotatable bonds is 5. The predicted molar refractivity (Wildman–Crippen MR) is 99.9 cm³/mol. The van der Waals surface area contributed by atoms with E-state index >= 15 is 0 Å². The summed E-state index contributed by atoms with van der Waals surface area (Å²) in [6.45, 7) is 0.698. The Morgan fingerprint density at radius 1 is 1.13 bits per heavy atom.